The Labute approximate surface area is 66.0 Å². The van der Waals surface area contributed by atoms with Gasteiger partial charge in [0.25, 0.3) is 0 Å². The van der Waals surface area contributed by atoms with Gasteiger partial charge in [0.1, 0.15) is 0 Å². The van der Waals surface area contributed by atoms with Crippen molar-refractivity contribution in [3.05, 3.63) is 41.6 Å². The average Bonchev–Trinajstić information content (AvgIpc) is 2.05. The third-order valence-electron chi connectivity index (χ3n) is 1.56. The van der Waals surface area contributed by atoms with Gasteiger partial charge in [-0.25, -0.2) is 0 Å². The molecule has 2 nitrogen and oxygen atoms in total. The van der Waals surface area contributed by atoms with Gasteiger partial charge >= 0.3 is 7.12 Å². The van der Waals surface area contributed by atoms with Gasteiger partial charge in [-0.3, -0.25) is 0 Å². The maximum absolute atomic E-state index is 8.73. The Kier molecular flexibility index (Phi) is 2.50. The smallest absolute Gasteiger partial charge is 0.423 e. The van der Waals surface area contributed by atoms with Crippen molar-refractivity contribution in [3.63, 3.8) is 0 Å². The first kappa shape index (κ1) is 8.09. The molecule has 0 radical (unpaired) electrons. The van der Waals surface area contributed by atoms with Gasteiger partial charge in [0, 0.05) is 0 Å². The van der Waals surface area contributed by atoms with Gasteiger partial charge < -0.3 is 10.0 Å². The topological polar surface area (TPSA) is 40.5 Å². The summed E-state index contributed by atoms with van der Waals surface area (Å²) in [5.41, 5.74) is 4.23. The minimum atomic E-state index is -1.36. The fourth-order valence-corrected chi connectivity index (χ4v) is 0.883. The van der Waals surface area contributed by atoms with Crippen molar-refractivity contribution in [3.8, 4) is 0 Å². The molecule has 0 atom stereocenters. The van der Waals surface area contributed by atoms with E-state index in [4.69, 9.17) is 10.0 Å². The van der Waals surface area contributed by atoms with Crippen molar-refractivity contribution in [2.75, 3.05) is 0 Å². The summed E-state index contributed by atoms with van der Waals surface area (Å²) in [6.45, 7) is 3.49. The molecule has 0 saturated heterocycles. The van der Waals surface area contributed by atoms with Gasteiger partial charge in [0.15, 0.2) is 0 Å². The van der Waals surface area contributed by atoms with Crippen LogP contribution in [0, 0.1) is 0 Å². The van der Waals surface area contributed by atoms with Gasteiger partial charge in [0.2, 0.25) is 0 Å². The van der Waals surface area contributed by atoms with Crippen molar-refractivity contribution in [2.45, 2.75) is 6.42 Å². The van der Waals surface area contributed by atoms with Crippen molar-refractivity contribution < 1.29 is 10.0 Å². The lowest BCUT2D eigenvalue weighted by Gasteiger charge is -2.05. The number of allylic oxidation sites excluding steroid dienone is 5. The first-order valence-corrected chi connectivity index (χ1v) is 3.37. The second kappa shape index (κ2) is 3.40. The van der Waals surface area contributed by atoms with Gasteiger partial charge in [-0.05, 0) is 17.5 Å². The Bertz CT molecular complexity index is 257. The van der Waals surface area contributed by atoms with Crippen LogP contribution >= 0.6 is 0 Å². The zero-order valence-corrected chi connectivity index (χ0v) is 6.12. The highest BCUT2D eigenvalue weighted by atomic mass is 16.4. The Balaban J connectivity index is 2.75. The maximum atomic E-state index is 8.73. The van der Waals surface area contributed by atoms with E-state index in [9.17, 15) is 0 Å². The highest BCUT2D eigenvalue weighted by Gasteiger charge is 2.13. The summed E-state index contributed by atoms with van der Waals surface area (Å²) < 4.78 is 0. The van der Waals surface area contributed by atoms with E-state index in [1.807, 2.05) is 0 Å². The fraction of sp³-hybridized carbons (Fsp3) is 0.125. The van der Waals surface area contributed by atoms with Crippen LogP contribution in [0.3, 0.4) is 0 Å². The molecule has 0 aromatic rings. The molecule has 3 heteroatoms. The van der Waals surface area contributed by atoms with Crippen LogP contribution in [-0.4, -0.2) is 17.2 Å². The van der Waals surface area contributed by atoms with Crippen LogP contribution in [0.4, 0.5) is 0 Å². The molecule has 0 aromatic heterocycles. The maximum Gasteiger partial charge on any atom is 0.488 e. The summed E-state index contributed by atoms with van der Waals surface area (Å²) in [4.78, 5) is 0. The van der Waals surface area contributed by atoms with Gasteiger partial charge in [-0.1, -0.05) is 24.8 Å². The highest BCUT2D eigenvalue weighted by Crippen LogP contribution is 2.14. The molecule has 0 saturated carbocycles. The summed E-state index contributed by atoms with van der Waals surface area (Å²) in [7, 11) is -1.36. The first-order valence-electron chi connectivity index (χ1n) is 3.37. The van der Waals surface area contributed by atoms with Crippen LogP contribution in [0.25, 0.3) is 0 Å². The molecule has 0 amide bonds. The van der Waals surface area contributed by atoms with Crippen LogP contribution in [0.15, 0.2) is 41.6 Å². The lowest BCUT2D eigenvalue weighted by Crippen LogP contribution is -2.14. The molecule has 1 aliphatic carbocycles. The van der Waals surface area contributed by atoms with Crippen molar-refractivity contribution >= 4 is 7.12 Å². The molecule has 2 N–H and O–H groups in total. The molecule has 0 fully saturated rings. The third-order valence-corrected chi connectivity index (χ3v) is 1.56. The zero-order chi connectivity index (χ0) is 8.27. The highest BCUT2D eigenvalue weighted by molar-refractivity contribution is 6.51. The van der Waals surface area contributed by atoms with E-state index in [0.717, 1.165) is 5.57 Å². The average molecular weight is 148 g/mol. The normalized spacial score (nSPS) is 15.8. The Hall–Kier alpha value is -1.02. The van der Waals surface area contributed by atoms with Crippen molar-refractivity contribution in [1.29, 1.82) is 0 Å². The summed E-state index contributed by atoms with van der Waals surface area (Å²) in [6.07, 6.45) is 5.86. The van der Waals surface area contributed by atoms with E-state index >= 15 is 0 Å². The van der Waals surface area contributed by atoms with E-state index in [2.05, 4.69) is 12.3 Å². The molecule has 1 aliphatic rings. The lowest BCUT2D eigenvalue weighted by atomic mass is 9.76. The molecule has 56 valence electrons. The Morgan fingerprint density at radius 1 is 1.45 bits per heavy atom. The summed E-state index contributed by atoms with van der Waals surface area (Å²) in [5, 5.41) is 17.5. The first-order chi connectivity index (χ1) is 5.24. The molecule has 0 bridgehead atoms. The van der Waals surface area contributed by atoms with Gasteiger partial charge in [-0.2, -0.15) is 0 Å². The van der Waals surface area contributed by atoms with Crippen LogP contribution in [0.1, 0.15) is 6.42 Å². The van der Waals surface area contributed by atoms with Crippen LogP contribution in [0.2, 0.25) is 0 Å². The molecule has 0 aromatic carbocycles. The quantitative estimate of drug-likeness (QED) is 0.422. The van der Waals surface area contributed by atoms with E-state index < -0.39 is 7.12 Å². The molecule has 0 heterocycles. The Morgan fingerprint density at radius 2 is 2.18 bits per heavy atom. The molecular formula is C8H9BO2. The predicted octanol–water partition coefficient (Wildman–Crippen LogP) is 0.596. The second-order valence-corrected chi connectivity index (χ2v) is 2.32. The van der Waals surface area contributed by atoms with Gasteiger partial charge in [0.05, 0.1) is 0 Å². The monoisotopic (exact) mass is 148 g/mol. The minimum absolute atomic E-state index is 0.531. The number of hydrogen-bond acceptors (Lipinski definition) is 2. The van der Waals surface area contributed by atoms with E-state index in [-0.39, 0.29) is 0 Å². The van der Waals surface area contributed by atoms with Crippen LogP contribution in [-0.2, 0) is 0 Å². The minimum Gasteiger partial charge on any atom is -0.423 e. The van der Waals surface area contributed by atoms with E-state index in [1.54, 1.807) is 18.2 Å². The zero-order valence-electron chi connectivity index (χ0n) is 6.12. The lowest BCUT2D eigenvalue weighted by molar-refractivity contribution is 0.420. The third kappa shape index (κ3) is 1.95. The Morgan fingerprint density at radius 3 is 2.55 bits per heavy atom. The van der Waals surface area contributed by atoms with Crippen LogP contribution < -0.4 is 0 Å². The van der Waals surface area contributed by atoms with Crippen molar-refractivity contribution in [2.24, 2.45) is 0 Å². The number of rotatable bonds is 1. The molecule has 0 unspecified atom stereocenters. The SMILES string of the molecule is C=C=C1C=CC(B(O)O)=CC1. The fourth-order valence-electron chi connectivity index (χ4n) is 0.883. The van der Waals surface area contributed by atoms with Crippen molar-refractivity contribution in [1.82, 2.24) is 0 Å². The second-order valence-electron chi connectivity index (χ2n) is 2.32. The summed E-state index contributed by atoms with van der Waals surface area (Å²) in [5.74, 6) is 0. The molecule has 0 spiro atoms. The van der Waals surface area contributed by atoms with E-state index in [1.165, 1.54) is 0 Å². The van der Waals surface area contributed by atoms with Crippen LogP contribution in [0.5, 0.6) is 0 Å². The summed E-state index contributed by atoms with van der Waals surface area (Å²) in [6, 6.07) is 0. The predicted molar refractivity (Wildman–Crippen MR) is 44.7 cm³/mol. The van der Waals surface area contributed by atoms with E-state index in [0.29, 0.717) is 11.9 Å². The number of hydrogen-bond donors (Lipinski definition) is 2. The molecule has 11 heavy (non-hydrogen) atoms. The molecule has 0 aliphatic heterocycles. The largest absolute Gasteiger partial charge is 0.488 e. The van der Waals surface area contributed by atoms with Gasteiger partial charge in [-0.15, -0.1) is 5.73 Å². The molecule has 1 rings (SSSR count). The standard InChI is InChI=1S/C8H9BO2/c1-2-7-3-5-8(6-4-7)9(10)11/h3,5-6,10-11H,1,4H2. The molecular weight excluding hydrogens is 139 g/mol. The summed E-state index contributed by atoms with van der Waals surface area (Å²) >= 11 is 0.